The van der Waals surface area contributed by atoms with E-state index in [1.165, 1.54) is 6.07 Å². The average Bonchev–Trinajstić information content (AvgIpc) is 2.58. The predicted molar refractivity (Wildman–Crippen MR) is 93.2 cm³/mol. The molecule has 0 radical (unpaired) electrons. The molecule has 134 valence electrons. The van der Waals surface area contributed by atoms with E-state index in [0.29, 0.717) is 24.4 Å². The number of halogens is 3. The number of carbonyl (C=O) groups is 1. The Morgan fingerprint density at radius 3 is 2.40 bits per heavy atom. The van der Waals surface area contributed by atoms with Crippen molar-refractivity contribution < 1.29 is 18.3 Å². The minimum Gasteiger partial charge on any atom is -0.457 e. The number of piperidine rings is 1. The maximum Gasteiger partial charge on any atom is 0.253 e. The molecule has 2 N–H and O–H groups in total. The molecule has 0 bridgehead atoms. The lowest BCUT2D eigenvalue weighted by atomic mass is 10.1. The van der Waals surface area contributed by atoms with Crippen LogP contribution < -0.4 is 10.5 Å². The van der Waals surface area contributed by atoms with Crippen molar-refractivity contribution in [1.82, 2.24) is 4.90 Å². The summed E-state index contributed by atoms with van der Waals surface area (Å²) in [5.41, 5.74) is 6.45. The third kappa shape index (κ3) is 4.67. The van der Waals surface area contributed by atoms with Gasteiger partial charge in [-0.1, -0.05) is 0 Å². The van der Waals surface area contributed by atoms with Gasteiger partial charge in [0.1, 0.15) is 11.5 Å². The van der Waals surface area contributed by atoms with E-state index in [4.69, 9.17) is 10.5 Å². The van der Waals surface area contributed by atoms with Crippen LogP contribution in [0, 0.1) is 11.6 Å². The molecule has 1 heterocycles. The maximum absolute atomic E-state index is 13.2. The van der Waals surface area contributed by atoms with Gasteiger partial charge in [-0.3, -0.25) is 4.79 Å². The van der Waals surface area contributed by atoms with E-state index in [1.807, 2.05) is 0 Å². The molecule has 0 aromatic heterocycles. The largest absolute Gasteiger partial charge is 0.457 e. The van der Waals surface area contributed by atoms with Gasteiger partial charge in [0.2, 0.25) is 0 Å². The first-order chi connectivity index (χ1) is 11.5. The molecule has 1 fully saturated rings. The number of benzene rings is 2. The number of likely N-dealkylation sites (tertiary alicyclic amines) is 1. The Balaban J connectivity index is 0.00000225. The van der Waals surface area contributed by atoms with E-state index in [-0.39, 0.29) is 30.1 Å². The number of hydrogen-bond donors (Lipinski definition) is 1. The number of amides is 1. The first kappa shape index (κ1) is 19.1. The Bertz CT molecular complexity index is 740. The third-order valence-electron chi connectivity index (χ3n) is 3.97. The van der Waals surface area contributed by atoms with Crippen molar-refractivity contribution in [3.8, 4) is 11.5 Å². The molecule has 2 aromatic carbocycles. The van der Waals surface area contributed by atoms with Gasteiger partial charge in [0.05, 0.1) is 0 Å². The first-order valence-corrected chi connectivity index (χ1v) is 7.81. The van der Waals surface area contributed by atoms with Crippen LogP contribution in [0.25, 0.3) is 0 Å². The SMILES string of the molecule is Cl.NC1CCCN(C(=O)c2ccc(Oc3ccc(F)c(F)c3)cc2)C1. The molecule has 1 unspecified atom stereocenters. The number of nitrogens with zero attached hydrogens (tertiary/aromatic N) is 1. The smallest absolute Gasteiger partial charge is 0.253 e. The maximum atomic E-state index is 13.2. The number of nitrogens with two attached hydrogens (primary N) is 1. The molecular weight excluding hydrogens is 350 g/mol. The van der Waals surface area contributed by atoms with Crippen LogP contribution in [0.5, 0.6) is 11.5 Å². The summed E-state index contributed by atoms with van der Waals surface area (Å²) in [7, 11) is 0. The normalized spacial score (nSPS) is 16.9. The highest BCUT2D eigenvalue weighted by Gasteiger charge is 2.22. The van der Waals surface area contributed by atoms with Crippen LogP contribution in [0.3, 0.4) is 0 Å². The fraction of sp³-hybridized carbons (Fsp3) is 0.278. The van der Waals surface area contributed by atoms with Gasteiger partial charge in [-0.25, -0.2) is 8.78 Å². The minimum absolute atomic E-state index is 0. The van der Waals surface area contributed by atoms with Gasteiger partial charge in [-0.15, -0.1) is 12.4 Å². The van der Waals surface area contributed by atoms with Crippen LogP contribution in [0.1, 0.15) is 23.2 Å². The quantitative estimate of drug-likeness (QED) is 0.897. The molecule has 2 aromatic rings. The molecule has 1 atom stereocenters. The fourth-order valence-electron chi connectivity index (χ4n) is 2.72. The van der Waals surface area contributed by atoms with E-state index in [1.54, 1.807) is 29.2 Å². The lowest BCUT2D eigenvalue weighted by molar-refractivity contribution is 0.0709. The summed E-state index contributed by atoms with van der Waals surface area (Å²) in [6, 6.07) is 9.89. The van der Waals surface area contributed by atoms with E-state index in [2.05, 4.69) is 0 Å². The van der Waals surface area contributed by atoms with Gasteiger partial charge < -0.3 is 15.4 Å². The van der Waals surface area contributed by atoms with Gasteiger partial charge in [0, 0.05) is 30.8 Å². The van der Waals surface area contributed by atoms with Crippen molar-refractivity contribution in [1.29, 1.82) is 0 Å². The van der Waals surface area contributed by atoms with E-state index in [0.717, 1.165) is 25.0 Å². The Labute approximate surface area is 151 Å². The second-order valence-electron chi connectivity index (χ2n) is 5.86. The summed E-state index contributed by atoms with van der Waals surface area (Å²) < 4.78 is 31.5. The molecule has 1 aliphatic heterocycles. The van der Waals surface area contributed by atoms with Crippen molar-refractivity contribution in [2.24, 2.45) is 5.73 Å². The molecule has 4 nitrogen and oxygen atoms in total. The van der Waals surface area contributed by atoms with Crippen LogP contribution in [0.15, 0.2) is 42.5 Å². The molecule has 1 amide bonds. The number of carbonyl (C=O) groups excluding carboxylic acids is 1. The van der Waals surface area contributed by atoms with Gasteiger partial charge in [-0.2, -0.15) is 0 Å². The molecule has 0 saturated carbocycles. The van der Waals surface area contributed by atoms with Crippen molar-refractivity contribution in [2.45, 2.75) is 18.9 Å². The Hall–Kier alpha value is -2.18. The summed E-state index contributed by atoms with van der Waals surface area (Å²) >= 11 is 0. The summed E-state index contributed by atoms with van der Waals surface area (Å²) in [6.07, 6.45) is 1.84. The lowest BCUT2D eigenvalue weighted by Gasteiger charge is -2.30. The van der Waals surface area contributed by atoms with Crippen LogP contribution in [-0.4, -0.2) is 29.9 Å². The molecule has 0 aliphatic carbocycles. The Kier molecular flexibility index (Phi) is 6.33. The van der Waals surface area contributed by atoms with E-state index in [9.17, 15) is 13.6 Å². The number of rotatable bonds is 3. The van der Waals surface area contributed by atoms with Crippen LogP contribution in [0.4, 0.5) is 8.78 Å². The topological polar surface area (TPSA) is 55.6 Å². The van der Waals surface area contributed by atoms with E-state index >= 15 is 0 Å². The molecule has 1 saturated heterocycles. The number of ether oxygens (including phenoxy) is 1. The van der Waals surface area contributed by atoms with Gasteiger partial charge in [0.25, 0.3) is 5.91 Å². The zero-order valence-electron chi connectivity index (χ0n) is 13.5. The van der Waals surface area contributed by atoms with Gasteiger partial charge in [-0.05, 0) is 49.2 Å². The Morgan fingerprint density at radius 2 is 1.76 bits per heavy atom. The van der Waals surface area contributed by atoms with Crippen LogP contribution in [0.2, 0.25) is 0 Å². The lowest BCUT2D eigenvalue weighted by Crippen LogP contribution is -2.45. The standard InChI is InChI=1S/C18H18F2N2O2.ClH/c19-16-8-7-15(10-17(16)20)24-14-5-3-12(4-6-14)18(23)22-9-1-2-13(21)11-22;/h3-8,10,13H,1-2,9,11,21H2;1H. The fourth-order valence-corrected chi connectivity index (χ4v) is 2.72. The minimum atomic E-state index is -0.972. The average molecular weight is 369 g/mol. The molecule has 25 heavy (non-hydrogen) atoms. The summed E-state index contributed by atoms with van der Waals surface area (Å²) in [5, 5.41) is 0. The molecular formula is C18H19ClF2N2O2. The summed E-state index contributed by atoms with van der Waals surface area (Å²) in [4.78, 5) is 14.2. The van der Waals surface area contributed by atoms with Crippen molar-refractivity contribution in [2.75, 3.05) is 13.1 Å². The second-order valence-corrected chi connectivity index (χ2v) is 5.86. The summed E-state index contributed by atoms with van der Waals surface area (Å²) in [6.45, 7) is 1.27. The third-order valence-corrected chi connectivity index (χ3v) is 3.97. The Morgan fingerprint density at radius 1 is 1.08 bits per heavy atom. The predicted octanol–water partition coefficient (Wildman–Crippen LogP) is 3.74. The van der Waals surface area contributed by atoms with Gasteiger partial charge >= 0.3 is 0 Å². The molecule has 3 rings (SSSR count). The summed E-state index contributed by atoms with van der Waals surface area (Å²) in [5.74, 6) is -1.34. The molecule has 7 heteroatoms. The first-order valence-electron chi connectivity index (χ1n) is 7.81. The van der Waals surface area contributed by atoms with Crippen molar-refractivity contribution >= 4 is 18.3 Å². The second kappa shape index (κ2) is 8.27. The zero-order valence-corrected chi connectivity index (χ0v) is 14.3. The molecule has 1 aliphatic rings. The number of hydrogen-bond acceptors (Lipinski definition) is 3. The van der Waals surface area contributed by atoms with Crippen LogP contribution >= 0.6 is 12.4 Å². The van der Waals surface area contributed by atoms with Crippen LogP contribution in [-0.2, 0) is 0 Å². The van der Waals surface area contributed by atoms with Gasteiger partial charge in [0.15, 0.2) is 11.6 Å². The molecule has 0 spiro atoms. The van der Waals surface area contributed by atoms with Crippen molar-refractivity contribution in [3.63, 3.8) is 0 Å². The highest BCUT2D eigenvalue weighted by Crippen LogP contribution is 2.24. The highest BCUT2D eigenvalue weighted by molar-refractivity contribution is 5.94. The monoisotopic (exact) mass is 368 g/mol. The van der Waals surface area contributed by atoms with Crippen molar-refractivity contribution in [3.05, 3.63) is 59.7 Å². The zero-order chi connectivity index (χ0) is 17.1. The van der Waals surface area contributed by atoms with E-state index < -0.39 is 11.6 Å². The highest BCUT2D eigenvalue weighted by atomic mass is 35.5.